The Kier molecular flexibility index (Phi) is 5.76. The molecule has 0 radical (unpaired) electrons. The molecule has 4 rings (SSSR count). The minimum absolute atomic E-state index is 0.153. The van der Waals surface area contributed by atoms with Gasteiger partial charge in [-0.05, 0) is 24.6 Å². The number of carbonyl (C=O) groups excluding carboxylic acids is 1. The van der Waals surface area contributed by atoms with Gasteiger partial charge in [-0.3, -0.25) is 0 Å². The maximum atomic E-state index is 12.7. The fourth-order valence-corrected chi connectivity index (χ4v) is 3.89. The van der Waals surface area contributed by atoms with E-state index in [0.717, 1.165) is 16.4 Å². The monoisotopic (exact) mass is 415 g/mol. The van der Waals surface area contributed by atoms with Gasteiger partial charge in [0.1, 0.15) is 12.4 Å². The number of hydrogen-bond donors (Lipinski definition) is 1. The number of aromatic nitrogens is 5. The Labute approximate surface area is 171 Å². The highest BCUT2D eigenvalue weighted by molar-refractivity contribution is 7.99. The average Bonchev–Trinajstić information content (AvgIpc) is 3.41. The summed E-state index contributed by atoms with van der Waals surface area (Å²) >= 11 is 1.61. The predicted octanol–water partition coefficient (Wildman–Crippen LogP) is 2.66. The van der Waals surface area contributed by atoms with E-state index in [-0.39, 0.29) is 17.4 Å². The summed E-state index contributed by atoms with van der Waals surface area (Å²) in [6, 6.07) is 7.62. The summed E-state index contributed by atoms with van der Waals surface area (Å²) in [5.41, 5.74) is 1.82. The third kappa shape index (κ3) is 4.57. The molecule has 1 fully saturated rings. The van der Waals surface area contributed by atoms with Crippen LogP contribution in [0.4, 0.5) is 10.5 Å². The highest BCUT2D eigenvalue weighted by Gasteiger charge is 2.28. The van der Waals surface area contributed by atoms with E-state index >= 15 is 0 Å². The van der Waals surface area contributed by atoms with Crippen molar-refractivity contribution in [2.45, 2.75) is 23.4 Å². The summed E-state index contributed by atoms with van der Waals surface area (Å²) in [6.07, 6.45) is 2.54. The number of rotatable bonds is 5. The number of benzene rings is 1. The van der Waals surface area contributed by atoms with Gasteiger partial charge < -0.3 is 24.0 Å². The molecule has 0 bridgehead atoms. The summed E-state index contributed by atoms with van der Waals surface area (Å²) in [5.74, 6) is 0.444. The van der Waals surface area contributed by atoms with Gasteiger partial charge in [-0.25, -0.2) is 4.79 Å². The van der Waals surface area contributed by atoms with Gasteiger partial charge in [0.15, 0.2) is 5.16 Å². The SMILES string of the molecule is C[C@H](Sc1nncn1C)c1cccc(NC(=O)N2CCOC(c3ncon3)C2)c1. The molecule has 152 valence electrons. The van der Waals surface area contributed by atoms with Gasteiger partial charge >= 0.3 is 6.03 Å². The molecule has 1 unspecified atom stereocenters. The average molecular weight is 415 g/mol. The van der Waals surface area contributed by atoms with Crippen molar-refractivity contribution in [2.75, 3.05) is 25.0 Å². The molecule has 1 N–H and O–H groups in total. The lowest BCUT2D eigenvalue weighted by atomic mass is 10.1. The van der Waals surface area contributed by atoms with Crippen LogP contribution in [0.3, 0.4) is 0 Å². The minimum Gasteiger partial charge on any atom is -0.366 e. The van der Waals surface area contributed by atoms with E-state index < -0.39 is 0 Å². The van der Waals surface area contributed by atoms with Crippen molar-refractivity contribution in [1.29, 1.82) is 0 Å². The standard InChI is InChI=1S/C18H21N7O3S/c1-12(29-18-22-20-10-24(18)2)13-4-3-5-14(8-13)21-17(26)25-6-7-27-15(9-25)16-19-11-28-23-16/h3-5,8,10-12,15H,6-7,9H2,1-2H3,(H,21,26)/t12-,15?/m0/s1. The summed E-state index contributed by atoms with van der Waals surface area (Å²) in [6.45, 7) is 3.37. The van der Waals surface area contributed by atoms with Crippen molar-refractivity contribution in [2.24, 2.45) is 7.05 Å². The van der Waals surface area contributed by atoms with Crippen LogP contribution in [0.25, 0.3) is 0 Å². The molecule has 0 spiro atoms. The fourth-order valence-electron chi connectivity index (χ4n) is 2.99. The van der Waals surface area contributed by atoms with Crippen molar-refractivity contribution in [3.05, 3.63) is 48.4 Å². The third-order valence-corrected chi connectivity index (χ3v) is 5.79. The van der Waals surface area contributed by atoms with Crippen LogP contribution in [0, 0.1) is 0 Å². The Balaban J connectivity index is 1.39. The van der Waals surface area contributed by atoms with Crippen molar-refractivity contribution in [3.8, 4) is 0 Å². The van der Waals surface area contributed by atoms with Crippen LogP contribution < -0.4 is 5.32 Å². The molecule has 1 aliphatic heterocycles. The Morgan fingerprint density at radius 2 is 2.31 bits per heavy atom. The Morgan fingerprint density at radius 3 is 3.07 bits per heavy atom. The third-order valence-electron chi connectivity index (χ3n) is 4.58. The topological polar surface area (TPSA) is 111 Å². The largest absolute Gasteiger partial charge is 0.366 e. The molecule has 0 aliphatic carbocycles. The Hall–Kier alpha value is -2.92. The summed E-state index contributed by atoms with van der Waals surface area (Å²) in [7, 11) is 1.91. The quantitative estimate of drug-likeness (QED) is 0.633. The van der Waals surface area contributed by atoms with Gasteiger partial charge in [0.05, 0.1) is 13.2 Å². The molecule has 2 aromatic heterocycles. The molecule has 1 aliphatic rings. The molecule has 10 nitrogen and oxygen atoms in total. The Morgan fingerprint density at radius 1 is 1.41 bits per heavy atom. The predicted molar refractivity (Wildman–Crippen MR) is 105 cm³/mol. The summed E-state index contributed by atoms with van der Waals surface area (Å²) < 4.78 is 12.3. The van der Waals surface area contributed by atoms with E-state index in [1.165, 1.54) is 6.39 Å². The normalized spacial score (nSPS) is 17.9. The first kappa shape index (κ1) is 19.4. The number of anilines is 1. The van der Waals surface area contributed by atoms with Crippen LogP contribution in [-0.2, 0) is 11.8 Å². The lowest BCUT2D eigenvalue weighted by Gasteiger charge is -2.31. The zero-order valence-corrected chi connectivity index (χ0v) is 16.9. The zero-order valence-electron chi connectivity index (χ0n) is 16.1. The van der Waals surface area contributed by atoms with E-state index in [1.54, 1.807) is 23.0 Å². The van der Waals surface area contributed by atoms with Crippen molar-refractivity contribution >= 4 is 23.5 Å². The van der Waals surface area contributed by atoms with E-state index in [1.807, 2.05) is 35.9 Å². The lowest BCUT2D eigenvalue weighted by Crippen LogP contribution is -2.44. The van der Waals surface area contributed by atoms with Crippen LogP contribution in [0.15, 0.2) is 46.7 Å². The molecule has 0 saturated carbocycles. The van der Waals surface area contributed by atoms with E-state index in [2.05, 4.69) is 32.6 Å². The maximum absolute atomic E-state index is 12.7. The number of ether oxygens (including phenoxy) is 1. The lowest BCUT2D eigenvalue weighted by molar-refractivity contribution is -0.0190. The molecular weight excluding hydrogens is 394 g/mol. The smallest absolute Gasteiger partial charge is 0.322 e. The molecule has 2 amide bonds. The maximum Gasteiger partial charge on any atom is 0.322 e. The highest BCUT2D eigenvalue weighted by atomic mass is 32.2. The molecule has 1 aromatic carbocycles. The first-order valence-corrected chi connectivity index (χ1v) is 10.0. The van der Waals surface area contributed by atoms with Crippen molar-refractivity contribution in [3.63, 3.8) is 0 Å². The van der Waals surface area contributed by atoms with Gasteiger partial charge in [-0.15, -0.1) is 10.2 Å². The number of morpholine rings is 1. The van der Waals surface area contributed by atoms with Gasteiger partial charge in [-0.2, -0.15) is 4.98 Å². The zero-order chi connectivity index (χ0) is 20.2. The molecule has 3 aromatic rings. The number of hydrogen-bond acceptors (Lipinski definition) is 8. The number of thioether (sulfide) groups is 1. The second-order valence-electron chi connectivity index (χ2n) is 6.63. The minimum atomic E-state index is -0.387. The number of urea groups is 1. The number of nitrogens with one attached hydrogen (secondary N) is 1. The van der Waals surface area contributed by atoms with Crippen LogP contribution in [0.1, 0.15) is 29.7 Å². The molecular formula is C18H21N7O3S. The van der Waals surface area contributed by atoms with Gasteiger partial charge in [0, 0.05) is 24.5 Å². The summed E-state index contributed by atoms with van der Waals surface area (Å²) in [4.78, 5) is 18.4. The van der Waals surface area contributed by atoms with Crippen molar-refractivity contribution in [1.82, 2.24) is 29.8 Å². The first-order valence-electron chi connectivity index (χ1n) is 9.14. The van der Waals surface area contributed by atoms with E-state index in [0.29, 0.717) is 25.5 Å². The molecule has 29 heavy (non-hydrogen) atoms. The van der Waals surface area contributed by atoms with E-state index in [9.17, 15) is 4.79 Å². The fraction of sp³-hybridized carbons (Fsp3) is 0.389. The number of aryl methyl sites for hydroxylation is 1. The van der Waals surface area contributed by atoms with Crippen LogP contribution in [0.2, 0.25) is 0 Å². The van der Waals surface area contributed by atoms with Gasteiger partial charge in [0.2, 0.25) is 12.2 Å². The van der Waals surface area contributed by atoms with Gasteiger partial charge in [0.25, 0.3) is 0 Å². The number of nitrogens with zero attached hydrogens (tertiary/aromatic N) is 6. The Bertz CT molecular complexity index is 962. The van der Waals surface area contributed by atoms with Gasteiger partial charge in [-0.1, -0.05) is 29.1 Å². The second-order valence-corrected chi connectivity index (χ2v) is 7.94. The second kappa shape index (κ2) is 8.62. The molecule has 11 heteroatoms. The van der Waals surface area contributed by atoms with E-state index in [4.69, 9.17) is 9.26 Å². The van der Waals surface area contributed by atoms with Crippen LogP contribution >= 0.6 is 11.8 Å². The molecule has 3 heterocycles. The molecule has 1 saturated heterocycles. The number of carbonyl (C=O) groups is 1. The molecule has 2 atom stereocenters. The highest BCUT2D eigenvalue weighted by Crippen LogP contribution is 2.34. The van der Waals surface area contributed by atoms with Crippen LogP contribution in [-0.4, -0.2) is 55.5 Å². The number of amides is 2. The van der Waals surface area contributed by atoms with Crippen molar-refractivity contribution < 1.29 is 14.1 Å². The first-order chi connectivity index (χ1) is 14.1. The van der Waals surface area contributed by atoms with Crippen LogP contribution in [0.5, 0.6) is 0 Å². The summed E-state index contributed by atoms with van der Waals surface area (Å²) in [5, 5.41) is 15.8.